The summed E-state index contributed by atoms with van der Waals surface area (Å²) in [5.41, 5.74) is 3.01. The van der Waals surface area contributed by atoms with Crippen molar-refractivity contribution >= 4 is 44.0 Å². The second-order valence-corrected chi connectivity index (χ2v) is 9.12. The molecule has 7 nitrogen and oxygen atoms in total. The number of hydrogen-bond acceptors (Lipinski definition) is 5. The first-order chi connectivity index (χ1) is 14.2. The van der Waals surface area contributed by atoms with Gasteiger partial charge in [-0.3, -0.25) is 14.5 Å². The number of amides is 1. The molecule has 30 heavy (non-hydrogen) atoms. The molecule has 1 heterocycles. The van der Waals surface area contributed by atoms with Crippen molar-refractivity contribution in [1.29, 1.82) is 0 Å². The quantitative estimate of drug-likeness (QED) is 0.713. The summed E-state index contributed by atoms with van der Waals surface area (Å²) in [6.07, 6.45) is 0. The van der Waals surface area contributed by atoms with Gasteiger partial charge in [-0.2, -0.15) is 0 Å². The van der Waals surface area contributed by atoms with Crippen molar-refractivity contribution in [2.75, 3.05) is 25.5 Å². The van der Waals surface area contributed by atoms with Gasteiger partial charge >= 0.3 is 0 Å². The van der Waals surface area contributed by atoms with Crippen molar-refractivity contribution in [1.82, 2.24) is 10.0 Å². The number of benzene rings is 2. The number of sulfonamides is 1. The highest BCUT2D eigenvalue weighted by molar-refractivity contribution is 8.00. The molecule has 3 rings (SSSR count). The lowest BCUT2D eigenvalue weighted by molar-refractivity contribution is -0.119. The minimum Gasteiger partial charge on any atom is -0.378 e. The maximum absolute atomic E-state index is 12.5. The van der Waals surface area contributed by atoms with Crippen LogP contribution in [0, 0.1) is 0 Å². The molecule has 0 unspecified atom stereocenters. The van der Waals surface area contributed by atoms with Crippen molar-refractivity contribution in [3.05, 3.63) is 70.3 Å². The first kappa shape index (κ1) is 21.9. The molecule has 0 spiro atoms. The number of amidine groups is 1. The molecule has 0 aromatic heterocycles. The monoisotopic (exact) mass is 446 g/mol. The first-order valence-electron chi connectivity index (χ1n) is 9.25. The average Bonchev–Trinajstić information content (AvgIpc) is 2.94. The molecule has 0 radical (unpaired) electrons. The van der Waals surface area contributed by atoms with Crippen molar-refractivity contribution in [2.45, 2.75) is 13.5 Å². The van der Waals surface area contributed by atoms with Gasteiger partial charge in [0.25, 0.3) is 10.0 Å². The average molecular weight is 447 g/mol. The predicted octanol–water partition coefficient (Wildman–Crippen LogP) is 2.78. The molecule has 0 aliphatic carbocycles. The minimum absolute atomic E-state index is 0.138. The van der Waals surface area contributed by atoms with Crippen LogP contribution in [-0.4, -0.2) is 40.8 Å². The summed E-state index contributed by atoms with van der Waals surface area (Å²) < 4.78 is 27.4. The van der Waals surface area contributed by atoms with Crippen LogP contribution in [0.1, 0.15) is 18.1 Å². The fourth-order valence-electron chi connectivity index (χ4n) is 3.01. The standard InChI is InChI=1S/C21H23ClN4O3S/c1-14-20(16-6-8-17(22)9-7-16)30(28,29)25-21(14)24-13-19(27)23-12-15-4-10-18(11-5-15)26(2)3/h4-11H,12-13H2,1-3H3,(H,23,27)(H,24,25). The Hall–Kier alpha value is -2.84. The van der Waals surface area contributed by atoms with Crippen molar-refractivity contribution < 1.29 is 13.2 Å². The van der Waals surface area contributed by atoms with Crippen molar-refractivity contribution in [3.8, 4) is 0 Å². The zero-order valence-electron chi connectivity index (χ0n) is 16.9. The number of anilines is 1. The molecule has 0 bridgehead atoms. The Morgan fingerprint density at radius 3 is 2.33 bits per heavy atom. The number of nitrogens with zero attached hydrogens (tertiary/aromatic N) is 2. The van der Waals surface area contributed by atoms with E-state index in [-0.39, 0.29) is 23.2 Å². The van der Waals surface area contributed by atoms with E-state index in [4.69, 9.17) is 11.6 Å². The zero-order chi connectivity index (χ0) is 21.9. The molecule has 0 fully saturated rings. The number of carbonyl (C=O) groups excluding carboxylic acids is 1. The Morgan fingerprint density at radius 1 is 1.10 bits per heavy atom. The van der Waals surface area contributed by atoms with E-state index in [1.54, 1.807) is 31.2 Å². The van der Waals surface area contributed by atoms with Crippen molar-refractivity contribution in [3.63, 3.8) is 0 Å². The largest absolute Gasteiger partial charge is 0.378 e. The summed E-state index contributed by atoms with van der Waals surface area (Å²) in [5.74, 6) is -0.128. The first-order valence-corrected chi connectivity index (χ1v) is 11.1. The summed E-state index contributed by atoms with van der Waals surface area (Å²) in [6.45, 7) is 1.84. The molecule has 0 atom stereocenters. The van der Waals surface area contributed by atoms with Gasteiger partial charge in [0.15, 0.2) is 0 Å². The third-order valence-corrected chi connectivity index (χ3v) is 6.42. The summed E-state index contributed by atoms with van der Waals surface area (Å²) in [6, 6.07) is 14.4. The van der Waals surface area contributed by atoms with Gasteiger partial charge in [-0.15, -0.1) is 0 Å². The fraction of sp³-hybridized carbons (Fsp3) is 0.238. The van der Waals surface area contributed by atoms with Gasteiger partial charge in [-0.1, -0.05) is 35.9 Å². The van der Waals surface area contributed by atoms with E-state index in [2.05, 4.69) is 15.0 Å². The van der Waals surface area contributed by atoms with Crippen molar-refractivity contribution in [2.24, 2.45) is 4.99 Å². The summed E-state index contributed by atoms with van der Waals surface area (Å²) in [7, 11) is 0.175. The number of halogens is 1. The third-order valence-electron chi connectivity index (χ3n) is 4.63. The molecular weight excluding hydrogens is 424 g/mol. The van der Waals surface area contributed by atoms with Gasteiger partial charge in [0.1, 0.15) is 17.3 Å². The highest BCUT2D eigenvalue weighted by Gasteiger charge is 2.32. The number of carbonyl (C=O) groups is 1. The van der Waals surface area contributed by atoms with Crippen LogP contribution < -0.4 is 14.9 Å². The Morgan fingerprint density at radius 2 is 1.73 bits per heavy atom. The van der Waals surface area contributed by atoms with E-state index < -0.39 is 10.0 Å². The number of hydrogen-bond donors (Lipinski definition) is 2. The van der Waals surface area contributed by atoms with Crippen LogP contribution in [0.25, 0.3) is 4.91 Å². The molecule has 1 amide bonds. The highest BCUT2D eigenvalue weighted by Crippen LogP contribution is 2.30. The molecule has 1 aliphatic rings. The van der Waals surface area contributed by atoms with Crippen LogP contribution in [0.2, 0.25) is 5.02 Å². The Labute approximate surface area is 181 Å². The van der Waals surface area contributed by atoms with Crippen LogP contribution in [-0.2, 0) is 21.4 Å². The van der Waals surface area contributed by atoms with E-state index in [0.29, 0.717) is 22.7 Å². The van der Waals surface area contributed by atoms with E-state index in [1.807, 2.05) is 43.3 Å². The van der Waals surface area contributed by atoms with Gasteiger partial charge < -0.3 is 10.2 Å². The van der Waals surface area contributed by atoms with Crippen LogP contribution in [0.15, 0.2) is 59.1 Å². The van der Waals surface area contributed by atoms with Gasteiger partial charge in [0.05, 0.1) is 0 Å². The number of aliphatic imine (C=N–C) groups is 1. The lowest BCUT2D eigenvalue weighted by Gasteiger charge is -2.12. The third kappa shape index (κ3) is 5.01. The molecule has 0 saturated heterocycles. The predicted molar refractivity (Wildman–Crippen MR) is 121 cm³/mol. The summed E-state index contributed by atoms with van der Waals surface area (Å²) >= 11 is 5.88. The smallest absolute Gasteiger partial charge is 0.264 e. The van der Waals surface area contributed by atoms with E-state index >= 15 is 0 Å². The van der Waals surface area contributed by atoms with Crippen LogP contribution >= 0.6 is 11.6 Å². The fourth-order valence-corrected chi connectivity index (χ4v) is 4.65. The van der Waals surface area contributed by atoms with E-state index in [1.165, 1.54) is 0 Å². The molecule has 2 aromatic carbocycles. The van der Waals surface area contributed by atoms with Crippen LogP contribution in [0.5, 0.6) is 0 Å². The lowest BCUT2D eigenvalue weighted by Crippen LogP contribution is -2.28. The maximum Gasteiger partial charge on any atom is 0.264 e. The number of nitrogens with one attached hydrogen (secondary N) is 2. The summed E-state index contributed by atoms with van der Waals surface area (Å²) in [4.78, 5) is 18.5. The molecular formula is C21H23ClN4O3S. The SMILES string of the molecule is CC1=C(c2ccc(Cl)cc2)S(=O)(=O)NC1=NCC(=O)NCc1ccc(N(C)C)cc1. The molecule has 0 saturated carbocycles. The lowest BCUT2D eigenvalue weighted by atomic mass is 10.1. The minimum atomic E-state index is -3.75. The van der Waals surface area contributed by atoms with Crippen LogP contribution in [0.3, 0.4) is 0 Å². The van der Waals surface area contributed by atoms with Gasteiger partial charge in [-0.05, 0) is 42.3 Å². The zero-order valence-corrected chi connectivity index (χ0v) is 18.5. The summed E-state index contributed by atoms with van der Waals surface area (Å²) in [5, 5.41) is 3.30. The van der Waals surface area contributed by atoms with Gasteiger partial charge in [0, 0.05) is 36.9 Å². The highest BCUT2D eigenvalue weighted by atomic mass is 35.5. The van der Waals surface area contributed by atoms with Gasteiger partial charge in [0.2, 0.25) is 5.91 Å². The molecule has 2 aromatic rings. The van der Waals surface area contributed by atoms with E-state index in [0.717, 1.165) is 11.3 Å². The Balaban J connectivity index is 1.66. The molecule has 2 N–H and O–H groups in total. The van der Waals surface area contributed by atoms with E-state index in [9.17, 15) is 13.2 Å². The molecule has 1 aliphatic heterocycles. The topological polar surface area (TPSA) is 90.9 Å². The normalized spacial score (nSPS) is 16.5. The van der Waals surface area contributed by atoms with Gasteiger partial charge in [-0.25, -0.2) is 8.42 Å². The Kier molecular flexibility index (Phi) is 6.48. The Bertz CT molecular complexity index is 1110. The van der Waals surface area contributed by atoms with Crippen LogP contribution in [0.4, 0.5) is 5.69 Å². The number of rotatable bonds is 6. The molecule has 158 valence electrons. The molecule has 9 heteroatoms. The second kappa shape index (κ2) is 8.89. The maximum atomic E-state index is 12.5. The second-order valence-electron chi connectivity index (χ2n) is 7.07.